The molecule has 0 aromatic heterocycles. The summed E-state index contributed by atoms with van der Waals surface area (Å²) in [7, 11) is -3.74. The predicted octanol–water partition coefficient (Wildman–Crippen LogP) is 4.01. The number of halogens is 1. The molecule has 1 fully saturated rings. The van der Waals surface area contributed by atoms with E-state index < -0.39 is 28.0 Å². The summed E-state index contributed by atoms with van der Waals surface area (Å²) >= 11 is 6.12. The number of benzene rings is 2. The van der Waals surface area contributed by atoms with Crippen LogP contribution in [0.3, 0.4) is 0 Å². The molecule has 1 saturated heterocycles. The minimum atomic E-state index is -3.74. The second-order valence-corrected chi connectivity index (χ2v) is 9.85. The molecular weight excluding hydrogens is 440 g/mol. The number of nitrogens with zero attached hydrogens (tertiary/aromatic N) is 1. The van der Waals surface area contributed by atoms with Crippen molar-refractivity contribution in [2.75, 3.05) is 18.4 Å². The zero-order valence-corrected chi connectivity index (χ0v) is 19.0. The molecule has 1 N–H and O–H groups in total. The molecule has 1 aliphatic heterocycles. The molecular formula is C22H25ClN2O5S. The fourth-order valence-electron chi connectivity index (χ4n) is 3.23. The molecule has 2 aromatic carbocycles. The summed E-state index contributed by atoms with van der Waals surface area (Å²) in [6.45, 7) is 4.25. The van der Waals surface area contributed by atoms with E-state index in [4.69, 9.17) is 16.3 Å². The van der Waals surface area contributed by atoms with Crippen molar-refractivity contribution in [2.24, 2.45) is 0 Å². The number of amides is 1. The van der Waals surface area contributed by atoms with Crippen LogP contribution >= 0.6 is 11.6 Å². The highest BCUT2D eigenvalue weighted by Crippen LogP contribution is 2.26. The Hall–Kier alpha value is -2.42. The Bertz CT molecular complexity index is 1060. The van der Waals surface area contributed by atoms with Crippen LogP contribution in [-0.4, -0.2) is 43.8 Å². The van der Waals surface area contributed by atoms with Gasteiger partial charge in [-0.25, -0.2) is 13.2 Å². The van der Waals surface area contributed by atoms with Gasteiger partial charge >= 0.3 is 5.97 Å². The first kappa shape index (κ1) is 23.2. The molecule has 0 saturated carbocycles. The minimum absolute atomic E-state index is 0.0255. The van der Waals surface area contributed by atoms with Crippen LogP contribution in [0.1, 0.15) is 42.1 Å². The van der Waals surface area contributed by atoms with E-state index in [-0.39, 0.29) is 15.5 Å². The maximum Gasteiger partial charge on any atom is 0.340 e. The van der Waals surface area contributed by atoms with E-state index in [2.05, 4.69) is 5.32 Å². The SMILES string of the molecule is Cc1ccc(NC(=O)C(C)OC(=O)c2cc(S(=O)(=O)N3CCCCC3)ccc2Cl)cc1. The summed E-state index contributed by atoms with van der Waals surface area (Å²) in [6.07, 6.45) is 1.49. The molecule has 2 aromatic rings. The van der Waals surface area contributed by atoms with E-state index in [1.807, 2.05) is 19.1 Å². The van der Waals surface area contributed by atoms with Crippen molar-refractivity contribution in [3.05, 3.63) is 58.6 Å². The van der Waals surface area contributed by atoms with Gasteiger partial charge in [-0.3, -0.25) is 4.79 Å². The third-order valence-electron chi connectivity index (χ3n) is 5.08. The van der Waals surface area contributed by atoms with Crippen LogP contribution < -0.4 is 5.32 Å². The van der Waals surface area contributed by atoms with Gasteiger partial charge in [-0.1, -0.05) is 35.7 Å². The summed E-state index contributed by atoms with van der Waals surface area (Å²) in [5.41, 5.74) is 1.52. The van der Waals surface area contributed by atoms with E-state index in [9.17, 15) is 18.0 Å². The lowest BCUT2D eigenvalue weighted by Gasteiger charge is -2.26. The Morgan fingerprint density at radius 3 is 2.35 bits per heavy atom. The summed E-state index contributed by atoms with van der Waals surface area (Å²) in [5, 5.41) is 2.72. The Balaban J connectivity index is 1.72. The summed E-state index contributed by atoms with van der Waals surface area (Å²) in [5.74, 6) is -1.38. The Morgan fingerprint density at radius 2 is 1.71 bits per heavy atom. The van der Waals surface area contributed by atoms with Gasteiger partial charge in [-0.2, -0.15) is 4.31 Å². The Labute approximate surface area is 187 Å². The fourth-order valence-corrected chi connectivity index (χ4v) is 4.97. The molecule has 0 bridgehead atoms. The van der Waals surface area contributed by atoms with Crippen molar-refractivity contribution in [2.45, 2.75) is 44.1 Å². The van der Waals surface area contributed by atoms with Crippen LogP contribution in [-0.2, 0) is 19.6 Å². The number of piperidine rings is 1. The molecule has 1 atom stereocenters. The highest BCUT2D eigenvalue weighted by Gasteiger charge is 2.28. The zero-order valence-electron chi connectivity index (χ0n) is 17.4. The second kappa shape index (κ2) is 9.80. The molecule has 0 spiro atoms. The first-order chi connectivity index (χ1) is 14.7. The molecule has 7 nitrogen and oxygen atoms in total. The van der Waals surface area contributed by atoms with Gasteiger partial charge in [0.1, 0.15) is 0 Å². The van der Waals surface area contributed by atoms with Gasteiger partial charge < -0.3 is 10.1 Å². The molecule has 3 rings (SSSR count). The Morgan fingerprint density at radius 1 is 1.06 bits per heavy atom. The topological polar surface area (TPSA) is 92.8 Å². The number of aryl methyl sites for hydroxylation is 1. The number of ether oxygens (including phenoxy) is 1. The van der Waals surface area contributed by atoms with E-state index >= 15 is 0 Å². The van der Waals surface area contributed by atoms with Crippen LogP contribution in [0.25, 0.3) is 0 Å². The standard InChI is InChI=1S/C22H25ClN2O5S/c1-15-6-8-17(9-7-15)24-21(26)16(2)30-22(27)19-14-18(10-11-20(19)23)31(28,29)25-12-4-3-5-13-25/h6-11,14,16H,3-5,12-13H2,1-2H3,(H,24,26). The smallest absolute Gasteiger partial charge is 0.340 e. The number of carbonyl (C=O) groups is 2. The summed E-state index contributed by atoms with van der Waals surface area (Å²) in [4.78, 5) is 25.0. The van der Waals surface area contributed by atoms with Crippen LogP contribution in [0.5, 0.6) is 0 Å². The number of sulfonamides is 1. The van der Waals surface area contributed by atoms with Crippen LogP contribution in [0.15, 0.2) is 47.4 Å². The van der Waals surface area contributed by atoms with Gasteiger partial charge in [0, 0.05) is 18.8 Å². The number of anilines is 1. The number of hydrogen-bond acceptors (Lipinski definition) is 5. The van der Waals surface area contributed by atoms with Gasteiger partial charge in [0.05, 0.1) is 15.5 Å². The average Bonchev–Trinajstić information content (AvgIpc) is 2.76. The summed E-state index contributed by atoms with van der Waals surface area (Å²) < 4.78 is 32.4. The molecule has 0 radical (unpaired) electrons. The maximum absolute atomic E-state index is 12.9. The largest absolute Gasteiger partial charge is 0.449 e. The normalized spacial score (nSPS) is 15.8. The monoisotopic (exact) mass is 464 g/mol. The Kier molecular flexibility index (Phi) is 7.35. The highest BCUT2D eigenvalue weighted by molar-refractivity contribution is 7.89. The fraction of sp³-hybridized carbons (Fsp3) is 0.364. The number of carbonyl (C=O) groups excluding carboxylic acids is 2. The van der Waals surface area contributed by atoms with Gasteiger partial charge in [0.2, 0.25) is 10.0 Å². The molecule has 0 aliphatic carbocycles. The van der Waals surface area contributed by atoms with Crippen LogP contribution in [0.2, 0.25) is 5.02 Å². The zero-order chi connectivity index (χ0) is 22.6. The maximum atomic E-state index is 12.9. The van der Waals surface area contributed by atoms with E-state index in [1.165, 1.54) is 29.4 Å². The lowest BCUT2D eigenvalue weighted by atomic mass is 10.2. The average molecular weight is 465 g/mol. The van der Waals surface area contributed by atoms with Gasteiger partial charge in [0.25, 0.3) is 5.91 Å². The van der Waals surface area contributed by atoms with Crippen molar-refractivity contribution < 1.29 is 22.7 Å². The van der Waals surface area contributed by atoms with Crippen molar-refractivity contribution >= 4 is 39.2 Å². The van der Waals surface area contributed by atoms with Crippen LogP contribution in [0, 0.1) is 6.92 Å². The number of esters is 1. The number of nitrogens with one attached hydrogen (secondary N) is 1. The van der Waals surface area contributed by atoms with E-state index in [1.54, 1.807) is 12.1 Å². The quantitative estimate of drug-likeness (QED) is 0.652. The van der Waals surface area contributed by atoms with Crippen LogP contribution in [0.4, 0.5) is 5.69 Å². The van der Waals surface area contributed by atoms with Gasteiger partial charge in [-0.15, -0.1) is 0 Å². The third kappa shape index (κ3) is 5.64. The highest BCUT2D eigenvalue weighted by atomic mass is 35.5. The molecule has 9 heteroatoms. The van der Waals surface area contributed by atoms with Crippen molar-refractivity contribution in [3.63, 3.8) is 0 Å². The molecule has 166 valence electrons. The lowest BCUT2D eigenvalue weighted by molar-refractivity contribution is -0.123. The van der Waals surface area contributed by atoms with Gasteiger partial charge in [0.15, 0.2) is 6.10 Å². The molecule has 1 heterocycles. The number of hydrogen-bond donors (Lipinski definition) is 1. The molecule has 1 aliphatic rings. The van der Waals surface area contributed by atoms with E-state index in [0.717, 1.165) is 24.8 Å². The summed E-state index contributed by atoms with van der Waals surface area (Å²) in [6, 6.07) is 11.1. The lowest BCUT2D eigenvalue weighted by Crippen LogP contribution is -2.35. The first-order valence-corrected chi connectivity index (χ1v) is 11.9. The molecule has 31 heavy (non-hydrogen) atoms. The molecule has 1 amide bonds. The number of rotatable bonds is 6. The van der Waals surface area contributed by atoms with E-state index in [0.29, 0.717) is 18.8 Å². The predicted molar refractivity (Wildman–Crippen MR) is 119 cm³/mol. The van der Waals surface area contributed by atoms with Gasteiger partial charge in [-0.05, 0) is 57.0 Å². The molecule has 1 unspecified atom stereocenters. The van der Waals surface area contributed by atoms with Crippen molar-refractivity contribution in [3.8, 4) is 0 Å². The second-order valence-electron chi connectivity index (χ2n) is 7.51. The first-order valence-electron chi connectivity index (χ1n) is 10.1. The van der Waals surface area contributed by atoms with Crippen molar-refractivity contribution in [1.82, 2.24) is 4.31 Å². The minimum Gasteiger partial charge on any atom is -0.449 e. The van der Waals surface area contributed by atoms with Crippen molar-refractivity contribution in [1.29, 1.82) is 0 Å². The third-order valence-corrected chi connectivity index (χ3v) is 7.31.